The van der Waals surface area contributed by atoms with E-state index in [-0.39, 0.29) is 37.0 Å². The van der Waals surface area contributed by atoms with Crippen molar-refractivity contribution in [3.63, 3.8) is 0 Å². The number of urea groups is 1. The van der Waals surface area contributed by atoms with Crippen LogP contribution in [0.2, 0.25) is 0 Å². The Bertz CT molecular complexity index is 1260. The molecule has 3 aliphatic rings. The smallest absolute Gasteiger partial charge is 0.322 e. The lowest BCUT2D eigenvalue weighted by Crippen LogP contribution is -2.40. The zero-order valence-corrected chi connectivity index (χ0v) is 19.8. The summed E-state index contributed by atoms with van der Waals surface area (Å²) in [7, 11) is 1.69. The van der Waals surface area contributed by atoms with Gasteiger partial charge in [-0.05, 0) is 18.2 Å². The number of aromatic nitrogens is 2. The van der Waals surface area contributed by atoms with Crippen molar-refractivity contribution in [2.24, 2.45) is 5.92 Å². The van der Waals surface area contributed by atoms with Crippen LogP contribution in [0, 0.1) is 18.3 Å². The van der Waals surface area contributed by atoms with Gasteiger partial charge >= 0.3 is 6.03 Å². The normalized spacial score (nSPS) is 21.5. The van der Waals surface area contributed by atoms with Gasteiger partial charge in [-0.1, -0.05) is 0 Å². The number of hydrogen-bond donors (Lipinski definition) is 1. The Morgan fingerprint density at radius 3 is 2.83 bits per heavy atom. The largest absolute Gasteiger partial charge is 0.340 e. The number of anilines is 1. The van der Waals surface area contributed by atoms with Crippen LogP contribution in [0.5, 0.6) is 0 Å². The average Bonchev–Trinajstić information content (AvgIpc) is 3.33. The molecule has 0 bridgehead atoms. The van der Waals surface area contributed by atoms with Gasteiger partial charge in [0, 0.05) is 69.8 Å². The van der Waals surface area contributed by atoms with E-state index in [2.05, 4.69) is 15.3 Å². The van der Waals surface area contributed by atoms with Gasteiger partial charge in [0.05, 0.1) is 25.4 Å². The van der Waals surface area contributed by atoms with Gasteiger partial charge in [0.15, 0.2) is 0 Å². The number of hydrogen-bond acceptors (Lipinski definition) is 4. The molecule has 190 valence electrons. The lowest BCUT2D eigenvalue weighted by Gasteiger charge is -2.28. The lowest BCUT2D eigenvalue weighted by molar-refractivity contribution is 0.0102. The third kappa shape index (κ3) is 4.63. The van der Waals surface area contributed by atoms with E-state index in [9.17, 15) is 22.8 Å². The molecule has 0 saturated carbocycles. The molecule has 0 aliphatic carbocycles. The molecule has 1 fully saturated rings. The van der Waals surface area contributed by atoms with Gasteiger partial charge in [0.2, 0.25) is 5.69 Å². The number of halogens is 3. The van der Waals surface area contributed by atoms with Crippen molar-refractivity contribution in [3.05, 3.63) is 52.4 Å². The van der Waals surface area contributed by atoms with Crippen molar-refractivity contribution >= 4 is 23.3 Å². The standard InChI is InChI=1S/C24H26F3N7O2/c1-28-20-9-16(3-4-18(20)25)29-23(36)33-7-5-19-17(13-33)21-22(35)31(2)10-15(12-34(21)30-19)11-32-8-6-24(26,27)14-32/h3-4,9,15H,5-8,10-14H2,2H3,(H,29,36). The Hall–Kier alpha value is -3.59. The molecule has 1 unspecified atom stereocenters. The number of nitrogens with zero attached hydrogens (tertiary/aromatic N) is 6. The minimum atomic E-state index is -2.67. The SMILES string of the molecule is [C-]#[N+]c1cc(NC(=O)N2CCc3nn4c(c3C2)C(=O)N(C)CC(CN2CCC(F)(F)C2)C4)ccc1F. The summed E-state index contributed by atoms with van der Waals surface area (Å²) in [5.41, 5.74) is 1.98. The van der Waals surface area contributed by atoms with Crippen molar-refractivity contribution in [3.8, 4) is 0 Å². The van der Waals surface area contributed by atoms with Crippen LogP contribution in [-0.4, -0.2) is 82.1 Å². The predicted molar refractivity (Wildman–Crippen MR) is 124 cm³/mol. The van der Waals surface area contributed by atoms with Crippen molar-refractivity contribution in [1.29, 1.82) is 0 Å². The number of benzene rings is 1. The Morgan fingerprint density at radius 2 is 2.11 bits per heavy atom. The molecule has 1 aromatic heterocycles. The summed E-state index contributed by atoms with van der Waals surface area (Å²) in [5.74, 6) is -3.59. The second kappa shape index (κ2) is 9.13. The number of nitrogens with one attached hydrogen (secondary N) is 1. The molecular weight excluding hydrogens is 475 g/mol. The summed E-state index contributed by atoms with van der Waals surface area (Å²) in [6.07, 6.45) is 0.310. The number of likely N-dealkylation sites (tertiary alicyclic amines) is 1. The molecule has 5 rings (SSSR count). The van der Waals surface area contributed by atoms with Crippen molar-refractivity contribution in [2.75, 3.05) is 45.1 Å². The van der Waals surface area contributed by atoms with Gasteiger partial charge < -0.3 is 15.1 Å². The Morgan fingerprint density at radius 1 is 1.31 bits per heavy atom. The van der Waals surface area contributed by atoms with Gasteiger partial charge in [-0.3, -0.25) is 14.4 Å². The topological polar surface area (TPSA) is 78.1 Å². The molecule has 9 nitrogen and oxygen atoms in total. The predicted octanol–water partition coefficient (Wildman–Crippen LogP) is 3.21. The summed E-state index contributed by atoms with van der Waals surface area (Å²) in [6, 6.07) is 3.36. The Labute approximate surface area is 206 Å². The highest BCUT2D eigenvalue weighted by Crippen LogP contribution is 2.30. The highest BCUT2D eigenvalue weighted by Gasteiger charge is 2.40. The first kappa shape index (κ1) is 24.1. The third-order valence-corrected chi connectivity index (χ3v) is 6.98. The van der Waals surface area contributed by atoms with E-state index in [0.29, 0.717) is 56.1 Å². The van der Waals surface area contributed by atoms with Crippen LogP contribution >= 0.6 is 0 Å². The van der Waals surface area contributed by atoms with Crippen LogP contribution in [0.15, 0.2) is 18.2 Å². The molecule has 1 atom stereocenters. The molecule has 12 heteroatoms. The fourth-order valence-electron chi connectivity index (χ4n) is 5.25. The number of alkyl halides is 2. The van der Waals surface area contributed by atoms with E-state index < -0.39 is 17.8 Å². The number of fused-ring (bicyclic) bond motifs is 3. The fraction of sp³-hybridized carbons (Fsp3) is 0.500. The number of rotatable bonds is 3. The molecule has 0 radical (unpaired) electrons. The summed E-state index contributed by atoms with van der Waals surface area (Å²) in [6.45, 7) is 8.98. The quantitative estimate of drug-likeness (QED) is 0.656. The second-order valence-electron chi connectivity index (χ2n) is 9.73. The van der Waals surface area contributed by atoms with E-state index in [4.69, 9.17) is 6.57 Å². The maximum Gasteiger partial charge on any atom is 0.322 e. The molecular formula is C24H26F3N7O2. The van der Waals surface area contributed by atoms with Crippen LogP contribution < -0.4 is 5.32 Å². The summed E-state index contributed by atoms with van der Waals surface area (Å²) in [5, 5.41) is 7.36. The highest BCUT2D eigenvalue weighted by molar-refractivity contribution is 5.95. The number of carbonyl (C=O) groups is 2. The van der Waals surface area contributed by atoms with E-state index in [1.54, 1.807) is 26.4 Å². The first-order valence-electron chi connectivity index (χ1n) is 11.8. The summed E-state index contributed by atoms with van der Waals surface area (Å²) in [4.78, 5) is 34.2. The van der Waals surface area contributed by atoms with Gasteiger partial charge in [-0.2, -0.15) is 5.10 Å². The van der Waals surface area contributed by atoms with Crippen LogP contribution in [-0.2, 0) is 19.5 Å². The number of amides is 3. The van der Waals surface area contributed by atoms with Crippen molar-refractivity contribution in [2.45, 2.75) is 31.9 Å². The molecule has 1 saturated heterocycles. The van der Waals surface area contributed by atoms with Crippen molar-refractivity contribution in [1.82, 2.24) is 24.5 Å². The van der Waals surface area contributed by atoms with E-state index in [1.807, 2.05) is 0 Å². The molecule has 3 amide bonds. The minimum Gasteiger partial charge on any atom is -0.340 e. The first-order chi connectivity index (χ1) is 17.1. The Balaban J connectivity index is 1.32. The van der Waals surface area contributed by atoms with Crippen LogP contribution in [0.3, 0.4) is 0 Å². The van der Waals surface area contributed by atoms with Crippen LogP contribution in [0.4, 0.5) is 29.3 Å². The van der Waals surface area contributed by atoms with Crippen molar-refractivity contribution < 1.29 is 22.8 Å². The van der Waals surface area contributed by atoms with Crippen LogP contribution in [0.1, 0.15) is 28.2 Å². The summed E-state index contributed by atoms with van der Waals surface area (Å²) >= 11 is 0. The van der Waals surface area contributed by atoms with Gasteiger partial charge in [0.1, 0.15) is 11.5 Å². The van der Waals surface area contributed by atoms with Crippen LogP contribution in [0.25, 0.3) is 4.85 Å². The summed E-state index contributed by atoms with van der Waals surface area (Å²) < 4.78 is 42.6. The molecule has 1 N–H and O–H groups in total. The molecule has 1 aromatic carbocycles. The zero-order chi connectivity index (χ0) is 25.6. The monoisotopic (exact) mass is 501 g/mol. The minimum absolute atomic E-state index is 0.0509. The third-order valence-electron chi connectivity index (χ3n) is 6.98. The molecule has 0 spiro atoms. The number of carbonyl (C=O) groups excluding carboxylic acids is 2. The maximum absolute atomic E-state index is 13.7. The van der Waals surface area contributed by atoms with Gasteiger partial charge in [-0.25, -0.2) is 22.8 Å². The Kier molecular flexibility index (Phi) is 6.12. The molecule has 3 aliphatic heterocycles. The zero-order valence-electron chi connectivity index (χ0n) is 19.8. The van der Waals surface area contributed by atoms with Gasteiger partial charge in [-0.15, -0.1) is 0 Å². The average molecular weight is 502 g/mol. The molecule has 36 heavy (non-hydrogen) atoms. The van der Waals surface area contributed by atoms with Gasteiger partial charge in [0.25, 0.3) is 11.8 Å². The lowest BCUT2D eigenvalue weighted by atomic mass is 10.0. The fourth-order valence-corrected chi connectivity index (χ4v) is 5.25. The maximum atomic E-state index is 13.7. The highest BCUT2D eigenvalue weighted by atomic mass is 19.3. The molecule has 4 heterocycles. The second-order valence-corrected chi connectivity index (χ2v) is 9.73. The van der Waals surface area contributed by atoms with E-state index >= 15 is 0 Å². The molecule has 2 aromatic rings. The van der Waals surface area contributed by atoms with E-state index in [0.717, 1.165) is 11.8 Å². The van der Waals surface area contributed by atoms with E-state index in [1.165, 1.54) is 12.1 Å². The first-order valence-corrected chi connectivity index (χ1v) is 11.8.